The van der Waals surface area contributed by atoms with Gasteiger partial charge in [-0.05, 0) is 65.8 Å². The van der Waals surface area contributed by atoms with Gasteiger partial charge in [-0.2, -0.15) is 5.26 Å². The van der Waals surface area contributed by atoms with Crippen molar-refractivity contribution < 1.29 is 4.79 Å². The van der Waals surface area contributed by atoms with Crippen LogP contribution in [0, 0.1) is 11.3 Å². The van der Waals surface area contributed by atoms with Crippen molar-refractivity contribution in [2.45, 2.75) is 30.1 Å². The summed E-state index contributed by atoms with van der Waals surface area (Å²) in [6.07, 6.45) is 2.50. The third-order valence-corrected chi connectivity index (χ3v) is 8.01. The van der Waals surface area contributed by atoms with Gasteiger partial charge < -0.3 is 5.73 Å². The molecule has 0 radical (unpaired) electrons. The van der Waals surface area contributed by atoms with Gasteiger partial charge in [0.15, 0.2) is 5.96 Å². The lowest BCUT2D eigenvalue weighted by Crippen LogP contribution is -2.57. The van der Waals surface area contributed by atoms with E-state index in [1.165, 1.54) is 4.90 Å². The Morgan fingerprint density at radius 2 is 2.06 bits per heavy atom. The molecule has 0 saturated carbocycles. The first-order valence-corrected chi connectivity index (χ1v) is 11.7. The normalized spacial score (nSPS) is 25.0. The minimum Gasteiger partial charge on any atom is -0.369 e. The van der Waals surface area contributed by atoms with Gasteiger partial charge in [-0.15, -0.1) is 11.8 Å². The summed E-state index contributed by atoms with van der Waals surface area (Å²) < 4.78 is 0. The van der Waals surface area contributed by atoms with Gasteiger partial charge >= 0.3 is 0 Å². The monoisotopic (exact) mass is 453 g/mol. The Balaban J connectivity index is 1.54. The number of carbonyl (C=O) groups is 1. The molecule has 2 N–H and O–H groups in total. The molecule has 1 unspecified atom stereocenters. The lowest BCUT2D eigenvalue weighted by molar-refractivity contribution is -0.130. The number of nitriles is 1. The molecule has 164 valence electrons. The van der Waals surface area contributed by atoms with Gasteiger partial charge in [-0.1, -0.05) is 24.3 Å². The number of nitrogens with two attached hydrogens (primary N) is 1. The number of allylic oxidation sites excluding steroid dienone is 1. The molecule has 2 aromatic carbocycles. The largest absolute Gasteiger partial charge is 0.369 e. The minimum absolute atomic E-state index is 0.0176. The first kappa shape index (κ1) is 21.2. The summed E-state index contributed by atoms with van der Waals surface area (Å²) in [5.74, 6) is -0.300. The van der Waals surface area contributed by atoms with E-state index in [2.05, 4.69) is 16.5 Å². The van der Waals surface area contributed by atoms with Crippen LogP contribution in [0.2, 0.25) is 0 Å². The number of hydrogen-bond acceptors (Lipinski definition) is 6. The van der Waals surface area contributed by atoms with Crippen LogP contribution in [0.15, 0.2) is 71.2 Å². The first-order chi connectivity index (χ1) is 15.9. The summed E-state index contributed by atoms with van der Waals surface area (Å²) in [4.78, 5) is 24.3. The Morgan fingerprint density at radius 3 is 2.88 bits per heavy atom. The van der Waals surface area contributed by atoms with Gasteiger partial charge in [0.05, 0.1) is 28.6 Å². The molecule has 33 heavy (non-hydrogen) atoms. The van der Waals surface area contributed by atoms with Gasteiger partial charge in [0.2, 0.25) is 5.91 Å². The highest BCUT2D eigenvalue weighted by Crippen LogP contribution is 2.50. The zero-order chi connectivity index (χ0) is 23.2. The number of hydrogen-bond donors (Lipinski definition) is 1. The molecule has 0 spiro atoms. The van der Waals surface area contributed by atoms with E-state index in [0.29, 0.717) is 5.56 Å². The number of likely N-dealkylation sites (N-methyl/N-ethyl adjacent to an activating group) is 1. The molecule has 0 fully saturated rings. The third-order valence-electron chi connectivity index (χ3n) is 6.62. The Kier molecular flexibility index (Phi) is 5.18. The summed E-state index contributed by atoms with van der Waals surface area (Å²) in [7, 11) is 1.68. The maximum atomic E-state index is 13.6. The fraction of sp³-hybridized carbons (Fsp3) is 0.231. The van der Waals surface area contributed by atoms with E-state index in [1.807, 2.05) is 55.5 Å². The van der Waals surface area contributed by atoms with Crippen LogP contribution in [0.3, 0.4) is 0 Å². The maximum absolute atomic E-state index is 13.6. The highest BCUT2D eigenvalue weighted by molar-refractivity contribution is 8.03. The number of benzene rings is 2. The van der Waals surface area contributed by atoms with Crippen molar-refractivity contribution in [1.82, 2.24) is 9.88 Å². The van der Waals surface area contributed by atoms with E-state index in [4.69, 9.17) is 10.7 Å². The van der Waals surface area contributed by atoms with E-state index < -0.39 is 11.5 Å². The highest BCUT2D eigenvalue weighted by Gasteiger charge is 2.51. The molecule has 3 aromatic rings. The minimum atomic E-state index is -0.737. The average Bonchev–Trinajstić information content (AvgIpc) is 3.34. The van der Waals surface area contributed by atoms with Crippen molar-refractivity contribution in [3.8, 4) is 6.07 Å². The van der Waals surface area contributed by atoms with Crippen LogP contribution in [-0.4, -0.2) is 39.6 Å². The highest BCUT2D eigenvalue weighted by atomic mass is 32.2. The molecule has 2 aliphatic heterocycles. The predicted octanol–water partition coefficient (Wildman–Crippen LogP) is 4.28. The zero-order valence-electron chi connectivity index (χ0n) is 18.4. The van der Waals surface area contributed by atoms with Crippen molar-refractivity contribution >= 4 is 40.1 Å². The van der Waals surface area contributed by atoms with E-state index in [-0.39, 0.29) is 17.1 Å². The van der Waals surface area contributed by atoms with Crippen LogP contribution in [0.5, 0.6) is 0 Å². The van der Waals surface area contributed by atoms with Crippen LogP contribution in [0.4, 0.5) is 0 Å². The molecule has 0 saturated heterocycles. The summed E-state index contributed by atoms with van der Waals surface area (Å²) >= 11 is 1.68. The number of guanidine groups is 1. The molecule has 0 bridgehead atoms. The third kappa shape index (κ3) is 3.57. The topological polar surface area (TPSA) is 95.4 Å². The maximum Gasteiger partial charge on any atom is 0.239 e. The molecule has 6 nitrogen and oxygen atoms in total. The second-order valence-electron chi connectivity index (χ2n) is 8.65. The van der Waals surface area contributed by atoms with E-state index >= 15 is 0 Å². The molecular weight excluding hydrogens is 430 g/mol. The molecule has 5 rings (SSSR count). The van der Waals surface area contributed by atoms with Crippen molar-refractivity contribution in [2.24, 2.45) is 10.7 Å². The van der Waals surface area contributed by atoms with E-state index in [1.54, 1.807) is 31.1 Å². The van der Waals surface area contributed by atoms with Gasteiger partial charge in [-0.25, -0.2) is 4.99 Å². The second-order valence-corrected chi connectivity index (χ2v) is 9.72. The fourth-order valence-electron chi connectivity index (χ4n) is 4.73. The molecular formula is C26H23N5OS. The summed E-state index contributed by atoms with van der Waals surface area (Å²) in [6, 6.07) is 19.7. The number of amides is 1. The van der Waals surface area contributed by atoms with Gasteiger partial charge in [0.1, 0.15) is 0 Å². The zero-order valence-corrected chi connectivity index (χ0v) is 19.2. The van der Waals surface area contributed by atoms with Crippen molar-refractivity contribution in [2.75, 3.05) is 7.05 Å². The molecule has 1 aromatic heterocycles. The van der Waals surface area contributed by atoms with Gasteiger partial charge in [0, 0.05) is 23.9 Å². The smallest absolute Gasteiger partial charge is 0.239 e. The molecule has 1 amide bonds. The van der Waals surface area contributed by atoms with Crippen molar-refractivity contribution in [3.05, 3.63) is 82.9 Å². The number of carbonyl (C=O) groups excluding carboxylic acids is 1. The number of fused-ring (bicyclic) bond motifs is 1. The Hall–Kier alpha value is -3.63. The lowest BCUT2D eigenvalue weighted by Gasteiger charge is -2.43. The number of rotatable bonds is 3. The predicted molar refractivity (Wildman–Crippen MR) is 132 cm³/mol. The summed E-state index contributed by atoms with van der Waals surface area (Å²) in [5, 5.41) is 12.4. The molecule has 3 atom stereocenters. The Labute approximate surface area is 196 Å². The number of pyridine rings is 1. The van der Waals surface area contributed by atoms with Crippen LogP contribution in [-0.2, 0) is 4.79 Å². The number of aliphatic imine (C=N–C) groups is 1. The van der Waals surface area contributed by atoms with E-state index in [0.717, 1.165) is 34.0 Å². The summed E-state index contributed by atoms with van der Waals surface area (Å²) in [5.41, 5.74) is 10.1. The van der Waals surface area contributed by atoms with Crippen molar-refractivity contribution in [3.63, 3.8) is 0 Å². The van der Waals surface area contributed by atoms with Crippen LogP contribution < -0.4 is 5.73 Å². The number of nitrogens with zero attached hydrogens (tertiary/aromatic N) is 4. The standard InChI is InChI=1S/C26H23N5OS/c1-26(22-13-20(15-33-22)17-6-3-5-16(11-17)14-27)23(24(32)31(2)25(28)30-26)19-8-9-21-18(12-19)7-4-10-29-21/h3-12,15,22-23H,13H2,1-2H3,(H2,28,30)/t22?,23-,26-/m1/s1. The molecule has 7 heteroatoms. The number of thioether (sulfide) groups is 1. The van der Waals surface area contributed by atoms with Gasteiger partial charge in [0.25, 0.3) is 0 Å². The van der Waals surface area contributed by atoms with Gasteiger partial charge in [-0.3, -0.25) is 14.7 Å². The Morgan fingerprint density at radius 1 is 1.21 bits per heavy atom. The number of aromatic nitrogens is 1. The van der Waals surface area contributed by atoms with Crippen LogP contribution in [0.1, 0.15) is 36.0 Å². The first-order valence-electron chi connectivity index (χ1n) is 10.7. The molecule has 3 heterocycles. The summed E-state index contributed by atoms with van der Waals surface area (Å²) in [6.45, 7) is 2.03. The van der Waals surface area contributed by atoms with Crippen molar-refractivity contribution in [1.29, 1.82) is 5.26 Å². The quantitative estimate of drug-likeness (QED) is 0.639. The fourth-order valence-corrected chi connectivity index (χ4v) is 6.03. The van der Waals surface area contributed by atoms with E-state index in [9.17, 15) is 10.1 Å². The molecule has 0 aliphatic carbocycles. The average molecular weight is 454 g/mol. The second kappa shape index (κ2) is 8.05. The lowest BCUT2D eigenvalue weighted by atomic mass is 9.74. The SMILES string of the molecule is CN1C(=O)[C@@H](c2ccc3ncccc3c2)[C@@](C)(C2CC(c3cccc(C#N)c3)=CS2)N=C1N. The van der Waals surface area contributed by atoms with Crippen LogP contribution in [0.25, 0.3) is 16.5 Å². The van der Waals surface area contributed by atoms with Crippen LogP contribution >= 0.6 is 11.8 Å². The molecule has 2 aliphatic rings. The Bertz CT molecular complexity index is 1370.